The molecule has 4 heteroatoms. The van der Waals surface area contributed by atoms with Gasteiger partial charge in [0.05, 0.1) is 18.8 Å². The van der Waals surface area contributed by atoms with E-state index in [2.05, 4.69) is 43.5 Å². The molecule has 0 saturated heterocycles. The maximum atomic E-state index is 12.4. The highest BCUT2D eigenvalue weighted by atomic mass is 16.3. The van der Waals surface area contributed by atoms with E-state index < -0.39 is 12.1 Å². The summed E-state index contributed by atoms with van der Waals surface area (Å²) < 4.78 is 0. The SMILES string of the molecule is CCCCCC/C=C\CCCCCCCCCC(=O)NC(CO)C(O)/C=C/CC/C=C/CCCCCCCCCCCCCCCCCCCCC. The zero-order chi connectivity index (χ0) is 37.8. The number of hydrogen-bond acceptors (Lipinski definition) is 3. The van der Waals surface area contributed by atoms with E-state index in [1.807, 2.05) is 6.08 Å². The van der Waals surface area contributed by atoms with E-state index in [0.717, 1.165) is 32.1 Å². The molecular formula is C48H91NO3. The molecule has 3 N–H and O–H groups in total. The van der Waals surface area contributed by atoms with Crippen LogP contribution < -0.4 is 5.32 Å². The molecule has 2 unspecified atom stereocenters. The van der Waals surface area contributed by atoms with E-state index in [9.17, 15) is 15.0 Å². The van der Waals surface area contributed by atoms with Crippen LogP contribution in [0.1, 0.15) is 245 Å². The summed E-state index contributed by atoms with van der Waals surface area (Å²) in [5.74, 6) is -0.0780. The first-order chi connectivity index (χ1) is 25.7. The third kappa shape index (κ3) is 39.8. The Labute approximate surface area is 325 Å². The number of aliphatic hydroxyl groups is 2. The molecule has 0 aromatic heterocycles. The van der Waals surface area contributed by atoms with E-state index >= 15 is 0 Å². The summed E-state index contributed by atoms with van der Waals surface area (Å²) in [6, 6.07) is -0.640. The molecule has 52 heavy (non-hydrogen) atoms. The molecule has 0 bridgehead atoms. The molecular weight excluding hydrogens is 639 g/mol. The van der Waals surface area contributed by atoms with Gasteiger partial charge in [-0.15, -0.1) is 0 Å². The van der Waals surface area contributed by atoms with Crippen LogP contribution in [0.3, 0.4) is 0 Å². The average Bonchev–Trinajstić information content (AvgIpc) is 3.15. The normalized spacial score (nSPS) is 13.2. The Morgan fingerprint density at radius 1 is 0.442 bits per heavy atom. The van der Waals surface area contributed by atoms with Crippen molar-refractivity contribution in [2.24, 2.45) is 0 Å². The second-order valence-electron chi connectivity index (χ2n) is 15.8. The Bertz CT molecular complexity index is 790. The second kappa shape index (κ2) is 44.0. The van der Waals surface area contributed by atoms with E-state index in [0.29, 0.717) is 6.42 Å². The Hall–Kier alpha value is -1.39. The lowest BCUT2D eigenvalue weighted by atomic mass is 10.0. The zero-order valence-corrected chi connectivity index (χ0v) is 35.1. The second-order valence-corrected chi connectivity index (χ2v) is 15.8. The smallest absolute Gasteiger partial charge is 0.220 e. The summed E-state index contributed by atoms with van der Waals surface area (Å²) in [4.78, 5) is 12.4. The fraction of sp³-hybridized carbons (Fsp3) is 0.854. The van der Waals surface area contributed by atoms with Gasteiger partial charge in [-0.3, -0.25) is 4.79 Å². The van der Waals surface area contributed by atoms with Crippen molar-refractivity contribution in [1.29, 1.82) is 0 Å². The largest absolute Gasteiger partial charge is 0.394 e. The average molecular weight is 730 g/mol. The maximum Gasteiger partial charge on any atom is 0.220 e. The Kier molecular flexibility index (Phi) is 42.8. The number of rotatable bonds is 42. The number of allylic oxidation sites excluding steroid dienone is 5. The minimum absolute atomic E-state index is 0.0780. The molecule has 1 amide bonds. The molecule has 0 aromatic rings. The van der Waals surface area contributed by atoms with E-state index in [4.69, 9.17) is 0 Å². The Morgan fingerprint density at radius 3 is 1.13 bits per heavy atom. The highest BCUT2D eigenvalue weighted by Gasteiger charge is 2.17. The minimum Gasteiger partial charge on any atom is -0.394 e. The number of aliphatic hydroxyl groups excluding tert-OH is 2. The number of unbranched alkanes of at least 4 members (excludes halogenated alkanes) is 31. The van der Waals surface area contributed by atoms with Crippen LogP contribution in [-0.4, -0.2) is 34.9 Å². The molecule has 0 saturated carbocycles. The van der Waals surface area contributed by atoms with E-state index in [1.165, 1.54) is 193 Å². The summed E-state index contributed by atoms with van der Waals surface area (Å²) in [7, 11) is 0. The van der Waals surface area contributed by atoms with Gasteiger partial charge in [0, 0.05) is 6.42 Å². The van der Waals surface area contributed by atoms with Crippen molar-refractivity contribution in [3.8, 4) is 0 Å². The number of nitrogens with one attached hydrogen (secondary N) is 1. The van der Waals surface area contributed by atoms with Crippen molar-refractivity contribution < 1.29 is 15.0 Å². The van der Waals surface area contributed by atoms with Crippen LogP contribution in [0, 0.1) is 0 Å². The highest BCUT2D eigenvalue weighted by molar-refractivity contribution is 5.76. The molecule has 2 atom stereocenters. The molecule has 4 nitrogen and oxygen atoms in total. The molecule has 0 aliphatic rings. The van der Waals surface area contributed by atoms with Crippen molar-refractivity contribution in [2.75, 3.05) is 6.61 Å². The lowest BCUT2D eigenvalue weighted by Gasteiger charge is -2.19. The summed E-state index contributed by atoms with van der Waals surface area (Å²) >= 11 is 0. The first kappa shape index (κ1) is 50.6. The first-order valence-corrected chi connectivity index (χ1v) is 23.2. The molecule has 0 aliphatic carbocycles. The lowest BCUT2D eigenvalue weighted by molar-refractivity contribution is -0.123. The van der Waals surface area contributed by atoms with Crippen molar-refractivity contribution in [3.63, 3.8) is 0 Å². The summed E-state index contributed by atoms with van der Waals surface area (Å²) in [5.41, 5.74) is 0. The van der Waals surface area contributed by atoms with Crippen LogP contribution in [0.4, 0.5) is 0 Å². The van der Waals surface area contributed by atoms with Gasteiger partial charge in [-0.2, -0.15) is 0 Å². The molecule has 306 valence electrons. The van der Waals surface area contributed by atoms with Crippen LogP contribution in [-0.2, 0) is 4.79 Å². The molecule has 0 rings (SSSR count). The van der Waals surface area contributed by atoms with Crippen molar-refractivity contribution in [2.45, 2.75) is 257 Å². The summed E-state index contributed by atoms with van der Waals surface area (Å²) in [5, 5.41) is 23.0. The first-order valence-electron chi connectivity index (χ1n) is 23.2. The van der Waals surface area contributed by atoms with Crippen molar-refractivity contribution in [1.82, 2.24) is 5.32 Å². The Balaban J connectivity index is 3.57. The van der Waals surface area contributed by atoms with Crippen molar-refractivity contribution in [3.05, 3.63) is 36.5 Å². The predicted molar refractivity (Wildman–Crippen MR) is 230 cm³/mol. The minimum atomic E-state index is -0.863. The molecule has 0 radical (unpaired) electrons. The van der Waals surface area contributed by atoms with Crippen LogP contribution >= 0.6 is 0 Å². The number of carbonyl (C=O) groups excluding carboxylic acids is 1. The lowest BCUT2D eigenvalue weighted by Crippen LogP contribution is -2.45. The quantitative estimate of drug-likeness (QED) is 0.0433. The predicted octanol–water partition coefficient (Wildman–Crippen LogP) is 14.6. The third-order valence-electron chi connectivity index (χ3n) is 10.6. The van der Waals surface area contributed by atoms with Crippen LogP contribution in [0.15, 0.2) is 36.5 Å². The zero-order valence-electron chi connectivity index (χ0n) is 35.1. The van der Waals surface area contributed by atoms with Gasteiger partial charge in [-0.1, -0.05) is 217 Å². The van der Waals surface area contributed by atoms with Gasteiger partial charge < -0.3 is 15.5 Å². The number of hydrogen-bond donors (Lipinski definition) is 3. The van der Waals surface area contributed by atoms with Gasteiger partial charge in [0.2, 0.25) is 5.91 Å². The summed E-state index contributed by atoms with van der Waals surface area (Å²) in [6.45, 7) is 4.29. The molecule has 0 aromatic carbocycles. The van der Waals surface area contributed by atoms with Gasteiger partial charge in [0.25, 0.3) is 0 Å². The maximum absolute atomic E-state index is 12.4. The van der Waals surface area contributed by atoms with Gasteiger partial charge in [0.1, 0.15) is 0 Å². The number of carbonyl (C=O) groups is 1. The fourth-order valence-electron chi connectivity index (χ4n) is 7.01. The standard InChI is InChI=1S/C48H91NO3/c1-3-5-7-9-11-13-15-17-19-20-21-22-23-24-25-26-27-28-30-31-33-35-37-39-41-43-47(51)46(45-50)49-48(52)44-42-40-38-36-34-32-29-18-16-14-12-10-8-6-4-2/h14,16,33,35,41,43,46-47,50-51H,3-13,15,17-32,34,36-40,42,44-45H2,1-2H3,(H,49,52)/b16-14-,35-33+,43-41+. The van der Waals surface area contributed by atoms with Crippen molar-refractivity contribution >= 4 is 5.91 Å². The van der Waals surface area contributed by atoms with Gasteiger partial charge in [-0.05, 0) is 57.8 Å². The van der Waals surface area contributed by atoms with Gasteiger partial charge in [0.15, 0.2) is 0 Å². The van der Waals surface area contributed by atoms with Gasteiger partial charge >= 0.3 is 0 Å². The molecule has 0 fully saturated rings. The van der Waals surface area contributed by atoms with E-state index in [1.54, 1.807) is 6.08 Å². The Morgan fingerprint density at radius 2 is 0.750 bits per heavy atom. The fourth-order valence-corrected chi connectivity index (χ4v) is 7.01. The van der Waals surface area contributed by atoms with Crippen LogP contribution in [0.5, 0.6) is 0 Å². The van der Waals surface area contributed by atoms with E-state index in [-0.39, 0.29) is 12.5 Å². The molecule has 0 aliphatic heterocycles. The topological polar surface area (TPSA) is 69.6 Å². The molecule has 0 spiro atoms. The number of amides is 1. The monoisotopic (exact) mass is 730 g/mol. The third-order valence-corrected chi connectivity index (χ3v) is 10.6. The summed E-state index contributed by atoms with van der Waals surface area (Å²) in [6.07, 6.45) is 58.4. The highest BCUT2D eigenvalue weighted by Crippen LogP contribution is 2.15. The van der Waals surface area contributed by atoms with Crippen LogP contribution in [0.25, 0.3) is 0 Å². The van der Waals surface area contributed by atoms with Gasteiger partial charge in [-0.25, -0.2) is 0 Å². The molecule has 0 heterocycles. The van der Waals surface area contributed by atoms with Crippen LogP contribution in [0.2, 0.25) is 0 Å².